The van der Waals surface area contributed by atoms with E-state index in [1.807, 2.05) is 6.92 Å². The van der Waals surface area contributed by atoms with E-state index in [9.17, 15) is 0 Å². The van der Waals surface area contributed by atoms with Gasteiger partial charge in [-0.25, -0.2) is 0 Å². The van der Waals surface area contributed by atoms with E-state index in [1.54, 1.807) is 0 Å². The van der Waals surface area contributed by atoms with E-state index in [0.29, 0.717) is 16.9 Å². The zero-order valence-electron chi connectivity index (χ0n) is 9.16. The van der Waals surface area contributed by atoms with Crippen LogP contribution in [-0.2, 0) is 0 Å². The van der Waals surface area contributed by atoms with E-state index >= 15 is 0 Å². The first kappa shape index (κ1) is 11.0. The Morgan fingerprint density at radius 2 is 2.29 bits per heavy atom. The van der Waals surface area contributed by atoms with Crippen molar-refractivity contribution in [3.05, 3.63) is 11.7 Å². The summed E-state index contributed by atoms with van der Waals surface area (Å²) in [5.41, 5.74) is 5.53. The molecular weight excluding hydrogens is 258 g/mol. The molecule has 0 saturated heterocycles. The van der Waals surface area contributed by atoms with Crippen LogP contribution in [-0.4, -0.2) is 20.3 Å². The van der Waals surface area contributed by atoms with Gasteiger partial charge in [0.1, 0.15) is 0 Å². The first-order valence-corrected chi connectivity index (χ1v) is 7.01. The van der Waals surface area contributed by atoms with Crippen molar-refractivity contribution in [3.63, 3.8) is 0 Å². The van der Waals surface area contributed by atoms with Gasteiger partial charge >= 0.3 is 0 Å². The van der Waals surface area contributed by atoms with Crippen molar-refractivity contribution in [2.24, 2.45) is 0 Å². The third-order valence-corrected chi connectivity index (χ3v) is 4.37. The average molecular weight is 269 g/mol. The lowest BCUT2D eigenvalue weighted by molar-refractivity contribution is 0.375. The fraction of sp³-hybridized carbons (Fsp3) is 0.556. The van der Waals surface area contributed by atoms with Crippen LogP contribution in [0.1, 0.15) is 42.6 Å². The first-order valence-electron chi connectivity index (χ1n) is 5.31. The Balaban J connectivity index is 1.69. The summed E-state index contributed by atoms with van der Waals surface area (Å²) in [6.07, 6.45) is 2.35. The van der Waals surface area contributed by atoms with Crippen LogP contribution in [0.2, 0.25) is 0 Å². The zero-order chi connectivity index (χ0) is 11.8. The fourth-order valence-electron chi connectivity index (χ4n) is 1.39. The highest BCUT2D eigenvalue weighted by Crippen LogP contribution is 2.40. The molecule has 1 fully saturated rings. The highest BCUT2D eigenvalue weighted by molar-refractivity contribution is 8.01. The van der Waals surface area contributed by atoms with Crippen molar-refractivity contribution in [1.82, 2.24) is 20.3 Å². The van der Waals surface area contributed by atoms with E-state index in [1.165, 1.54) is 35.9 Å². The van der Waals surface area contributed by atoms with Crippen LogP contribution in [0.5, 0.6) is 0 Å². The quantitative estimate of drug-likeness (QED) is 0.851. The van der Waals surface area contributed by atoms with Crippen molar-refractivity contribution in [3.8, 4) is 0 Å². The molecule has 2 aromatic rings. The van der Waals surface area contributed by atoms with E-state index < -0.39 is 0 Å². The Bertz CT molecular complexity index is 521. The van der Waals surface area contributed by atoms with Crippen LogP contribution in [0.3, 0.4) is 0 Å². The van der Waals surface area contributed by atoms with Gasteiger partial charge in [-0.1, -0.05) is 28.3 Å². The van der Waals surface area contributed by atoms with Gasteiger partial charge in [0.25, 0.3) is 0 Å². The number of nitrogens with two attached hydrogens (primary N) is 1. The smallest absolute Gasteiger partial charge is 0.239 e. The fourth-order valence-corrected chi connectivity index (χ4v) is 3.20. The molecule has 1 saturated carbocycles. The predicted octanol–water partition coefficient (Wildman–Crippen LogP) is 2.23. The monoisotopic (exact) mass is 269 g/mol. The maximum absolute atomic E-state index is 5.53. The standard InChI is InChI=1S/C9H11N5OS2/c1-4(16-9-13-12-8(10)17-9)7-11-6(14-15-7)5-2-3-5/h4-5H,2-3H2,1H3,(H2,10,12). The van der Waals surface area contributed by atoms with E-state index in [2.05, 4.69) is 20.3 Å². The van der Waals surface area contributed by atoms with E-state index in [4.69, 9.17) is 10.3 Å². The van der Waals surface area contributed by atoms with Gasteiger partial charge in [0, 0.05) is 5.92 Å². The first-order chi connectivity index (χ1) is 8.22. The van der Waals surface area contributed by atoms with Crippen LogP contribution >= 0.6 is 23.1 Å². The summed E-state index contributed by atoms with van der Waals surface area (Å²) in [6.45, 7) is 2.01. The molecule has 1 aliphatic carbocycles. The summed E-state index contributed by atoms with van der Waals surface area (Å²) in [5.74, 6) is 2.00. The number of thioether (sulfide) groups is 1. The van der Waals surface area contributed by atoms with Gasteiger partial charge < -0.3 is 10.3 Å². The highest BCUT2D eigenvalue weighted by atomic mass is 32.2. The van der Waals surface area contributed by atoms with Gasteiger partial charge in [-0.2, -0.15) is 4.98 Å². The molecule has 2 N–H and O–H groups in total. The second-order valence-corrected chi connectivity index (χ2v) is 6.53. The summed E-state index contributed by atoms with van der Waals surface area (Å²) in [7, 11) is 0. The van der Waals surface area contributed by atoms with Crippen molar-refractivity contribution >= 4 is 28.2 Å². The highest BCUT2D eigenvalue weighted by Gasteiger charge is 2.29. The predicted molar refractivity (Wildman–Crippen MR) is 64.9 cm³/mol. The summed E-state index contributed by atoms with van der Waals surface area (Å²) in [4.78, 5) is 4.40. The minimum absolute atomic E-state index is 0.0716. The second-order valence-electron chi connectivity index (χ2n) is 3.93. The molecule has 1 aliphatic rings. The van der Waals surface area contributed by atoms with Crippen molar-refractivity contribution in [1.29, 1.82) is 0 Å². The lowest BCUT2D eigenvalue weighted by atomic mass is 10.4. The number of hydrogen-bond donors (Lipinski definition) is 1. The minimum Gasteiger partial charge on any atom is -0.374 e. The molecule has 3 rings (SSSR count). The number of aromatic nitrogens is 4. The number of nitrogens with zero attached hydrogens (tertiary/aromatic N) is 4. The lowest BCUT2D eigenvalue weighted by Gasteiger charge is -2.00. The molecule has 8 heteroatoms. The van der Waals surface area contributed by atoms with Crippen LogP contribution in [0.25, 0.3) is 0 Å². The Morgan fingerprint density at radius 3 is 2.94 bits per heavy atom. The Morgan fingerprint density at radius 1 is 1.47 bits per heavy atom. The molecule has 0 bridgehead atoms. The maximum Gasteiger partial charge on any atom is 0.239 e. The van der Waals surface area contributed by atoms with Gasteiger partial charge in [-0.15, -0.1) is 10.2 Å². The molecule has 0 spiro atoms. The second kappa shape index (κ2) is 4.26. The number of nitrogen functional groups attached to an aromatic ring is 1. The summed E-state index contributed by atoms with van der Waals surface area (Å²) in [5, 5.41) is 12.3. The van der Waals surface area contributed by atoms with E-state index in [-0.39, 0.29) is 5.25 Å². The zero-order valence-corrected chi connectivity index (χ0v) is 10.8. The molecule has 2 aromatic heterocycles. The van der Waals surface area contributed by atoms with Crippen LogP contribution in [0.4, 0.5) is 5.13 Å². The Labute approximate surface area is 106 Å². The lowest BCUT2D eigenvalue weighted by Crippen LogP contribution is -1.89. The van der Waals surface area contributed by atoms with Crippen molar-refractivity contribution < 1.29 is 4.52 Å². The van der Waals surface area contributed by atoms with Gasteiger partial charge in [0.2, 0.25) is 11.0 Å². The topological polar surface area (TPSA) is 90.7 Å². The molecule has 6 nitrogen and oxygen atoms in total. The normalized spacial score (nSPS) is 17.2. The number of anilines is 1. The minimum atomic E-state index is 0.0716. The molecule has 0 amide bonds. The Hall–Kier alpha value is -1.15. The summed E-state index contributed by atoms with van der Waals surface area (Å²) in [6, 6.07) is 0. The molecule has 1 atom stereocenters. The van der Waals surface area contributed by atoms with Gasteiger partial charge in [-0.05, 0) is 19.8 Å². The molecule has 0 aromatic carbocycles. The van der Waals surface area contributed by atoms with Crippen LogP contribution < -0.4 is 5.73 Å². The SMILES string of the molecule is CC(Sc1nnc(N)s1)c1nc(C2CC2)no1. The number of hydrogen-bond acceptors (Lipinski definition) is 8. The molecule has 17 heavy (non-hydrogen) atoms. The molecule has 1 unspecified atom stereocenters. The van der Waals surface area contributed by atoms with Gasteiger partial charge in [0.15, 0.2) is 10.2 Å². The van der Waals surface area contributed by atoms with Gasteiger partial charge in [0.05, 0.1) is 5.25 Å². The Kier molecular flexibility index (Phi) is 2.75. The van der Waals surface area contributed by atoms with E-state index in [0.717, 1.165) is 10.2 Å². The molecule has 0 aliphatic heterocycles. The third kappa shape index (κ3) is 2.42. The third-order valence-electron chi connectivity index (χ3n) is 2.45. The average Bonchev–Trinajstić information content (AvgIpc) is 2.88. The molecular formula is C9H11N5OS2. The van der Waals surface area contributed by atoms with Crippen molar-refractivity contribution in [2.45, 2.75) is 35.3 Å². The molecule has 90 valence electrons. The largest absolute Gasteiger partial charge is 0.374 e. The van der Waals surface area contributed by atoms with Crippen LogP contribution in [0.15, 0.2) is 8.86 Å². The summed E-state index contributed by atoms with van der Waals surface area (Å²) >= 11 is 2.90. The number of rotatable bonds is 4. The maximum atomic E-state index is 5.53. The van der Waals surface area contributed by atoms with Crippen LogP contribution in [0, 0.1) is 0 Å². The van der Waals surface area contributed by atoms with Crippen molar-refractivity contribution in [2.75, 3.05) is 5.73 Å². The van der Waals surface area contributed by atoms with Gasteiger partial charge in [-0.3, -0.25) is 0 Å². The molecule has 2 heterocycles. The summed E-state index contributed by atoms with van der Waals surface area (Å²) < 4.78 is 6.07. The molecule has 0 radical (unpaired) electrons.